The summed E-state index contributed by atoms with van der Waals surface area (Å²) >= 11 is 0. The van der Waals surface area contributed by atoms with Crippen LogP contribution in [0, 0.1) is 17.8 Å². The quantitative estimate of drug-likeness (QED) is 0.213. The molecule has 4 aliphatic carbocycles. The van der Waals surface area contributed by atoms with E-state index in [1.807, 2.05) is 41.5 Å². The van der Waals surface area contributed by atoms with Crippen molar-refractivity contribution in [2.75, 3.05) is 0 Å². The van der Waals surface area contributed by atoms with Gasteiger partial charge in [-0.25, -0.2) is 0 Å². The molecule has 2 heterocycles. The Labute approximate surface area is 243 Å². The molecule has 200 valence electrons. The van der Waals surface area contributed by atoms with E-state index in [-0.39, 0.29) is 53.2 Å². The second-order valence-electron chi connectivity index (χ2n) is 15.2. The van der Waals surface area contributed by atoms with Crippen LogP contribution in [0.4, 0.5) is 0 Å². The van der Waals surface area contributed by atoms with Crippen LogP contribution in [-0.4, -0.2) is 6.71 Å². The first-order chi connectivity index (χ1) is 21.0. The van der Waals surface area contributed by atoms with Crippen LogP contribution in [0.15, 0.2) is 48.4 Å². The number of benzene rings is 3. The van der Waals surface area contributed by atoms with Gasteiger partial charge in [0.1, 0.15) is 23.0 Å². The van der Waals surface area contributed by atoms with Crippen molar-refractivity contribution in [1.82, 2.24) is 0 Å². The Kier molecular flexibility index (Phi) is 3.70. The third kappa shape index (κ3) is 3.60. The molecule has 3 aromatic carbocycles. The van der Waals surface area contributed by atoms with Crippen LogP contribution in [0.3, 0.4) is 0 Å². The van der Waals surface area contributed by atoms with E-state index in [2.05, 4.69) is 12.1 Å². The summed E-state index contributed by atoms with van der Waals surface area (Å²) in [5.74, 6) is 3.72. The largest absolute Gasteiger partial charge is 0.458 e. The standard InChI is InChI=1S/C36H41BO2/c1-34(2,3)24-7-9-29-27(14-24)37-28-15-25(35(4,5)6)8-10-30(28)39-32-17-26(16-31(38-29)33(32)37)36-18-21-11-22(19-36)13-23(12-21)20-36/h7-10,14-17,21-23H,11-13,18-20H2,1-6H3/i7D,8D,9D,10D,14D,15D. The van der Waals surface area contributed by atoms with E-state index >= 15 is 0 Å². The van der Waals surface area contributed by atoms with Gasteiger partial charge in [-0.05, 0) is 124 Å². The summed E-state index contributed by atoms with van der Waals surface area (Å²) in [6, 6.07) is 4.40. The highest BCUT2D eigenvalue weighted by Crippen LogP contribution is 2.61. The fraction of sp³-hybridized carbons (Fsp3) is 0.500. The van der Waals surface area contributed by atoms with E-state index in [4.69, 9.17) is 12.2 Å². The zero-order valence-electron chi connectivity index (χ0n) is 30.0. The zero-order valence-corrected chi connectivity index (χ0v) is 24.0. The predicted octanol–water partition coefficient (Wildman–Crippen LogP) is 7.48. The lowest BCUT2D eigenvalue weighted by molar-refractivity contribution is -0.00531. The molecule has 2 aliphatic heterocycles. The van der Waals surface area contributed by atoms with Crippen molar-refractivity contribution in [2.24, 2.45) is 17.8 Å². The molecule has 4 bridgehead atoms. The second-order valence-corrected chi connectivity index (χ2v) is 15.2. The van der Waals surface area contributed by atoms with Gasteiger partial charge in [-0.3, -0.25) is 0 Å². The first kappa shape index (κ1) is 18.6. The molecule has 0 atom stereocenters. The van der Waals surface area contributed by atoms with Crippen molar-refractivity contribution < 1.29 is 17.7 Å². The first-order valence-electron chi connectivity index (χ1n) is 17.8. The summed E-state index contributed by atoms with van der Waals surface area (Å²) in [7, 11) is 0. The molecule has 4 fully saturated rings. The summed E-state index contributed by atoms with van der Waals surface area (Å²) in [5, 5.41) is 0. The average molecular weight is 523 g/mol. The molecule has 0 spiro atoms. The molecule has 3 heteroatoms. The minimum absolute atomic E-state index is 0.0105. The van der Waals surface area contributed by atoms with E-state index < -0.39 is 17.5 Å². The minimum atomic E-state index is -0.690. The van der Waals surface area contributed by atoms with Gasteiger partial charge >= 0.3 is 0 Å². The average Bonchev–Trinajstić information content (AvgIpc) is 2.92. The smallest absolute Gasteiger partial charge is 0.260 e. The molecular formula is C36H41BO2. The van der Waals surface area contributed by atoms with Gasteiger partial charge in [0.05, 0.1) is 8.22 Å². The van der Waals surface area contributed by atoms with Crippen LogP contribution in [-0.2, 0) is 16.2 Å². The molecular weight excluding hydrogens is 475 g/mol. The first-order valence-corrected chi connectivity index (χ1v) is 14.8. The summed E-state index contributed by atoms with van der Waals surface area (Å²) in [6.07, 6.45) is 7.40. The maximum Gasteiger partial charge on any atom is 0.260 e. The zero-order chi connectivity index (χ0) is 32.1. The van der Waals surface area contributed by atoms with Crippen LogP contribution in [0.5, 0.6) is 23.0 Å². The fourth-order valence-corrected chi connectivity index (χ4v) is 8.61. The van der Waals surface area contributed by atoms with Gasteiger partial charge in [-0.2, -0.15) is 0 Å². The fourth-order valence-electron chi connectivity index (χ4n) is 8.61. The Balaban J connectivity index is 1.44. The van der Waals surface area contributed by atoms with Gasteiger partial charge in [0, 0.05) is 5.46 Å². The second kappa shape index (κ2) is 7.74. The van der Waals surface area contributed by atoms with Crippen molar-refractivity contribution in [3.8, 4) is 23.0 Å². The van der Waals surface area contributed by atoms with Crippen molar-refractivity contribution >= 4 is 23.1 Å². The summed E-state index contributed by atoms with van der Waals surface area (Å²) in [6.45, 7) is 11.0. The highest BCUT2D eigenvalue weighted by atomic mass is 16.5. The van der Waals surface area contributed by atoms with Gasteiger partial charge in [0.15, 0.2) is 0 Å². The molecule has 0 aromatic heterocycles. The molecule has 0 N–H and O–H groups in total. The molecule has 0 unspecified atom stereocenters. The Hall–Kier alpha value is -2.68. The predicted molar refractivity (Wildman–Crippen MR) is 161 cm³/mol. The highest BCUT2D eigenvalue weighted by molar-refractivity contribution is 6.98. The Morgan fingerprint density at radius 2 is 1.13 bits per heavy atom. The third-order valence-electron chi connectivity index (χ3n) is 10.2. The highest BCUT2D eigenvalue weighted by Gasteiger charge is 2.52. The number of ether oxygens (including phenoxy) is 2. The number of fused-ring (bicyclic) bond motifs is 4. The van der Waals surface area contributed by atoms with E-state index in [1.165, 1.54) is 24.8 Å². The van der Waals surface area contributed by atoms with E-state index in [0.29, 0.717) is 33.6 Å². The van der Waals surface area contributed by atoms with Gasteiger partial charge < -0.3 is 9.47 Å². The number of hydrogen-bond acceptors (Lipinski definition) is 2. The summed E-state index contributed by atoms with van der Waals surface area (Å²) in [4.78, 5) is 0. The van der Waals surface area contributed by atoms with Crippen LogP contribution in [0.1, 0.15) is 105 Å². The van der Waals surface area contributed by atoms with Gasteiger partial charge in [0.25, 0.3) is 6.71 Å². The summed E-state index contributed by atoms with van der Waals surface area (Å²) in [5.41, 5.74) is 2.60. The molecule has 0 saturated heterocycles. The molecule has 0 amide bonds. The van der Waals surface area contributed by atoms with Crippen LogP contribution in [0.2, 0.25) is 0 Å². The van der Waals surface area contributed by atoms with Crippen molar-refractivity contribution in [3.63, 3.8) is 0 Å². The van der Waals surface area contributed by atoms with E-state index in [1.54, 1.807) is 0 Å². The van der Waals surface area contributed by atoms with E-state index in [0.717, 1.165) is 42.5 Å². The molecule has 9 rings (SSSR count). The van der Waals surface area contributed by atoms with Crippen LogP contribution < -0.4 is 25.9 Å². The molecule has 39 heavy (non-hydrogen) atoms. The van der Waals surface area contributed by atoms with Crippen molar-refractivity contribution in [3.05, 3.63) is 65.1 Å². The lowest BCUT2D eigenvalue weighted by Gasteiger charge is -2.57. The molecule has 6 aliphatic rings. The van der Waals surface area contributed by atoms with Gasteiger partial charge in [0.2, 0.25) is 0 Å². The van der Waals surface area contributed by atoms with Crippen molar-refractivity contribution in [1.29, 1.82) is 0 Å². The van der Waals surface area contributed by atoms with E-state index in [9.17, 15) is 5.48 Å². The SMILES string of the molecule is [2H]c1c([2H])c(C(C)(C)C)c([2H])c2c1Oc1cc(C34CC5CC(CC(C5)C3)C4)cc3c1B2c1c([2H])c(C(C)(C)C)c([2H])c([2H])c1O3. The van der Waals surface area contributed by atoms with Gasteiger partial charge in [-0.15, -0.1) is 0 Å². The number of hydrogen-bond donors (Lipinski definition) is 0. The Morgan fingerprint density at radius 3 is 1.54 bits per heavy atom. The minimum Gasteiger partial charge on any atom is -0.458 e. The lowest BCUT2D eigenvalue weighted by atomic mass is 9.34. The van der Waals surface area contributed by atoms with Gasteiger partial charge in [-0.1, -0.05) is 65.7 Å². The third-order valence-corrected chi connectivity index (χ3v) is 10.2. The summed E-state index contributed by atoms with van der Waals surface area (Å²) < 4.78 is 68.6. The van der Waals surface area contributed by atoms with Crippen LogP contribution >= 0.6 is 0 Å². The molecule has 0 radical (unpaired) electrons. The lowest BCUT2D eigenvalue weighted by Crippen LogP contribution is -2.58. The molecule has 2 nitrogen and oxygen atoms in total. The molecule has 4 saturated carbocycles. The monoisotopic (exact) mass is 522 g/mol. The topological polar surface area (TPSA) is 18.5 Å². The van der Waals surface area contributed by atoms with Crippen molar-refractivity contribution in [2.45, 2.75) is 96.3 Å². The Bertz CT molecular complexity index is 1690. The number of rotatable bonds is 1. The maximum atomic E-state index is 9.52. The maximum absolute atomic E-state index is 9.52. The normalized spacial score (nSPS) is 30.0. The van der Waals surface area contributed by atoms with Crippen LogP contribution in [0.25, 0.3) is 0 Å². The Morgan fingerprint density at radius 1 is 0.692 bits per heavy atom. The molecule has 3 aromatic rings.